The summed E-state index contributed by atoms with van der Waals surface area (Å²) in [7, 11) is 1.56. The van der Waals surface area contributed by atoms with Crippen molar-refractivity contribution in [3.8, 4) is 5.75 Å². The van der Waals surface area contributed by atoms with Gasteiger partial charge in [0.1, 0.15) is 11.6 Å². The summed E-state index contributed by atoms with van der Waals surface area (Å²) in [6, 6.07) is 11.1. The average molecular weight is 332 g/mol. The van der Waals surface area contributed by atoms with E-state index >= 15 is 0 Å². The molecule has 0 spiro atoms. The Morgan fingerprint density at radius 1 is 1.22 bits per heavy atom. The van der Waals surface area contributed by atoms with Crippen LogP contribution in [0.2, 0.25) is 5.02 Å². The van der Waals surface area contributed by atoms with E-state index in [4.69, 9.17) is 21.1 Å². The third kappa shape index (κ3) is 3.10. The largest absolute Gasteiger partial charge is 0.497 e. The summed E-state index contributed by atoms with van der Waals surface area (Å²) in [6.45, 7) is 0. The highest BCUT2D eigenvalue weighted by atomic mass is 35.5. The van der Waals surface area contributed by atoms with Crippen LogP contribution in [0.5, 0.6) is 5.75 Å². The van der Waals surface area contributed by atoms with Gasteiger partial charge in [-0.25, -0.2) is 14.2 Å². The average Bonchev–Trinajstić information content (AvgIpc) is 2.92. The van der Waals surface area contributed by atoms with E-state index < -0.39 is 11.8 Å². The number of carbonyl (C=O) groups excluding carboxylic acids is 1. The molecule has 23 heavy (non-hydrogen) atoms. The molecule has 0 fully saturated rings. The molecule has 0 aromatic heterocycles. The second kappa shape index (κ2) is 6.22. The quantitative estimate of drug-likeness (QED) is 0.634. The van der Waals surface area contributed by atoms with Crippen molar-refractivity contribution in [2.75, 3.05) is 7.11 Å². The van der Waals surface area contributed by atoms with E-state index in [1.807, 2.05) is 0 Å². The molecule has 0 unspecified atom stereocenters. The van der Waals surface area contributed by atoms with Gasteiger partial charge in [0.05, 0.1) is 12.1 Å². The molecule has 3 rings (SSSR count). The zero-order valence-electron chi connectivity index (χ0n) is 12.0. The summed E-state index contributed by atoms with van der Waals surface area (Å²) in [5, 5.41) is 0.193. The van der Waals surface area contributed by atoms with Gasteiger partial charge in [-0.2, -0.15) is 0 Å². The van der Waals surface area contributed by atoms with Gasteiger partial charge in [0.25, 0.3) is 0 Å². The summed E-state index contributed by atoms with van der Waals surface area (Å²) >= 11 is 5.94. The molecular weight excluding hydrogens is 321 g/mol. The Labute approximate surface area is 136 Å². The van der Waals surface area contributed by atoms with E-state index in [9.17, 15) is 9.18 Å². The van der Waals surface area contributed by atoms with Crippen molar-refractivity contribution in [1.29, 1.82) is 0 Å². The van der Waals surface area contributed by atoms with Gasteiger partial charge in [0.15, 0.2) is 5.70 Å². The molecular formula is C17H11ClFNO3. The topological polar surface area (TPSA) is 47.9 Å². The first kappa shape index (κ1) is 15.2. The summed E-state index contributed by atoms with van der Waals surface area (Å²) in [4.78, 5) is 16.0. The predicted octanol–water partition coefficient (Wildman–Crippen LogP) is 3.83. The van der Waals surface area contributed by atoms with E-state index in [0.717, 1.165) is 0 Å². The molecule has 0 atom stereocenters. The van der Waals surface area contributed by atoms with Crippen molar-refractivity contribution in [3.05, 3.63) is 70.1 Å². The lowest BCUT2D eigenvalue weighted by molar-refractivity contribution is -0.129. The Morgan fingerprint density at radius 3 is 2.61 bits per heavy atom. The highest BCUT2D eigenvalue weighted by Crippen LogP contribution is 2.25. The minimum atomic E-state index is -0.657. The van der Waals surface area contributed by atoms with E-state index in [-0.39, 0.29) is 22.2 Å². The van der Waals surface area contributed by atoms with E-state index in [1.54, 1.807) is 31.4 Å². The number of hydrogen-bond donors (Lipinski definition) is 0. The van der Waals surface area contributed by atoms with Crippen molar-refractivity contribution >= 4 is 29.5 Å². The molecule has 0 aliphatic carbocycles. The molecule has 2 aromatic carbocycles. The second-order valence-corrected chi connectivity index (χ2v) is 5.11. The summed E-state index contributed by atoms with van der Waals surface area (Å²) < 4.78 is 24.0. The van der Waals surface area contributed by atoms with Crippen LogP contribution in [0.3, 0.4) is 0 Å². The van der Waals surface area contributed by atoms with Crippen molar-refractivity contribution in [2.24, 2.45) is 4.99 Å². The Bertz CT molecular complexity index is 808. The molecule has 1 heterocycles. The zero-order valence-corrected chi connectivity index (χ0v) is 12.8. The number of methoxy groups -OCH3 is 1. The first-order valence-electron chi connectivity index (χ1n) is 6.69. The normalized spacial score (nSPS) is 15.5. The summed E-state index contributed by atoms with van der Waals surface area (Å²) in [5.41, 5.74) is 0.700. The van der Waals surface area contributed by atoms with Gasteiger partial charge >= 0.3 is 5.97 Å². The van der Waals surface area contributed by atoms with Crippen LogP contribution in [0, 0.1) is 5.82 Å². The Morgan fingerprint density at radius 2 is 1.96 bits per heavy atom. The molecule has 0 radical (unpaired) electrons. The molecule has 4 nitrogen and oxygen atoms in total. The van der Waals surface area contributed by atoms with Crippen LogP contribution in [-0.2, 0) is 9.53 Å². The van der Waals surface area contributed by atoms with Gasteiger partial charge in [0.2, 0.25) is 5.90 Å². The molecule has 1 aliphatic heterocycles. The van der Waals surface area contributed by atoms with Gasteiger partial charge in [-0.15, -0.1) is 0 Å². The highest BCUT2D eigenvalue weighted by Gasteiger charge is 2.25. The number of aliphatic imine (C=N–C) groups is 1. The fourth-order valence-electron chi connectivity index (χ4n) is 2.05. The number of cyclic esters (lactones) is 1. The lowest BCUT2D eigenvalue weighted by atomic mass is 10.2. The Balaban J connectivity index is 1.96. The monoisotopic (exact) mass is 331 g/mol. The lowest BCUT2D eigenvalue weighted by Crippen LogP contribution is -2.05. The molecule has 0 bridgehead atoms. The van der Waals surface area contributed by atoms with Gasteiger partial charge in [0, 0.05) is 11.1 Å². The number of nitrogens with zero attached hydrogens (tertiary/aromatic N) is 1. The molecule has 0 saturated heterocycles. The number of ether oxygens (including phenoxy) is 2. The summed E-state index contributed by atoms with van der Waals surface area (Å²) in [5.74, 6) is -0.370. The fourth-order valence-corrected chi connectivity index (χ4v) is 2.27. The maximum Gasteiger partial charge on any atom is 0.363 e. The van der Waals surface area contributed by atoms with Crippen LogP contribution in [0.15, 0.2) is 53.2 Å². The van der Waals surface area contributed by atoms with E-state index in [2.05, 4.69) is 4.99 Å². The van der Waals surface area contributed by atoms with Crippen LogP contribution >= 0.6 is 11.6 Å². The smallest absolute Gasteiger partial charge is 0.363 e. The molecule has 6 heteroatoms. The SMILES string of the molecule is COc1ccc(C2=NC(=Cc3c(F)cccc3Cl)C(=O)O2)cc1. The van der Waals surface area contributed by atoms with Crippen LogP contribution in [0.1, 0.15) is 11.1 Å². The van der Waals surface area contributed by atoms with Crippen LogP contribution < -0.4 is 4.74 Å². The maximum absolute atomic E-state index is 13.8. The number of hydrogen-bond acceptors (Lipinski definition) is 4. The first-order valence-corrected chi connectivity index (χ1v) is 7.07. The third-order valence-electron chi connectivity index (χ3n) is 3.24. The lowest BCUT2D eigenvalue weighted by Gasteiger charge is -2.01. The van der Waals surface area contributed by atoms with Gasteiger partial charge in [-0.3, -0.25) is 0 Å². The molecule has 2 aromatic rings. The Hall–Kier alpha value is -2.66. The molecule has 0 N–H and O–H groups in total. The van der Waals surface area contributed by atoms with Crippen molar-refractivity contribution < 1.29 is 18.7 Å². The standard InChI is InChI=1S/C17H11ClFNO3/c1-22-11-7-5-10(6-8-11)16-20-15(17(21)23-16)9-12-13(18)3-2-4-14(12)19/h2-9H,1H3. The van der Waals surface area contributed by atoms with Crippen LogP contribution in [-0.4, -0.2) is 19.0 Å². The van der Waals surface area contributed by atoms with Crippen LogP contribution in [0.25, 0.3) is 6.08 Å². The molecule has 0 amide bonds. The zero-order chi connectivity index (χ0) is 16.4. The minimum Gasteiger partial charge on any atom is -0.497 e. The van der Waals surface area contributed by atoms with E-state index in [1.165, 1.54) is 24.3 Å². The van der Waals surface area contributed by atoms with Crippen molar-refractivity contribution in [1.82, 2.24) is 0 Å². The van der Waals surface area contributed by atoms with Gasteiger partial charge in [-0.1, -0.05) is 17.7 Å². The van der Waals surface area contributed by atoms with E-state index in [0.29, 0.717) is 11.3 Å². The van der Waals surface area contributed by atoms with Crippen LogP contribution in [0.4, 0.5) is 4.39 Å². The number of rotatable bonds is 3. The van der Waals surface area contributed by atoms with Crippen molar-refractivity contribution in [2.45, 2.75) is 0 Å². The minimum absolute atomic E-state index is 0.0113. The fraction of sp³-hybridized carbons (Fsp3) is 0.0588. The highest BCUT2D eigenvalue weighted by molar-refractivity contribution is 6.32. The van der Waals surface area contributed by atoms with Gasteiger partial charge in [-0.05, 0) is 42.5 Å². The number of carbonyl (C=O) groups is 1. The number of esters is 1. The predicted molar refractivity (Wildman–Crippen MR) is 85.0 cm³/mol. The molecule has 0 saturated carbocycles. The van der Waals surface area contributed by atoms with Crippen molar-refractivity contribution in [3.63, 3.8) is 0 Å². The third-order valence-corrected chi connectivity index (χ3v) is 3.57. The second-order valence-electron chi connectivity index (χ2n) is 4.70. The maximum atomic E-state index is 13.8. The molecule has 1 aliphatic rings. The number of halogens is 2. The Kier molecular flexibility index (Phi) is 4.12. The first-order chi connectivity index (χ1) is 11.1. The summed E-state index contributed by atoms with van der Waals surface area (Å²) in [6.07, 6.45) is 1.27. The van der Waals surface area contributed by atoms with Gasteiger partial charge < -0.3 is 9.47 Å². The molecule has 116 valence electrons. The number of benzene rings is 2.